The molecule has 2 rings (SSSR count). The van der Waals surface area contributed by atoms with Crippen LogP contribution < -0.4 is 11.1 Å². The van der Waals surface area contributed by atoms with Crippen molar-refractivity contribution in [2.45, 2.75) is 56.4 Å². The third-order valence-electron chi connectivity index (χ3n) is 3.92. The van der Waals surface area contributed by atoms with Gasteiger partial charge in [0.2, 0.25) is 0 Å². The van der Waals surface area contributed by atoms with Crippen molar-refractivity contribution in [3.8, 4) is 0 Å². The molecule has 0 aliphatic heterocycles. The number of rotatable bonds is 5. The molecule has 1 aliphatic rings. The van der Waals surface area contributed by atoms with Crippen molar-refractivity contribution in [1.29, 1.82) is 0 Å². The molecular formula is C13H23N3O2S2. The van der Waals surface area contributed by atoms with E-state index in [9.17, 15) is 8.42 Å². The molecule has 3 N–H and O–H groups in total. The summed E-state index contributed by atoms with van der Waals surface area (Å²) >= 11 is 1.14. The smallest absolute Gasteiger partial charge is 0.182 e. The van der Waals surface area contributed by atoms with Crippen LogP contribution in [0.25, 0.3) is 0 Å². The molecule has 1 aromatic heterocycles. The summed E-state index contributed by atoms with van der Waals surface area (Å²) < 4.78 is 27.5. The quantitative estimate of drug-likeness (QED) is 0.872. The van der Waals surface area contributed by atoms with E-state index in [1.807, 2.05) is 0 Å². The minimum atomic E-state index is -3.33. The lowest BCUT2D eigenvalue weighted by Gasteiger charge is -2.29. The molecule has 114 valence electrons. The maximum atomic E-state index is 11.8. The van der Waals surface area contributed by atoms with E-state index >= 15 is 0 Å². The van der Waals surface area contributed by atoms with Crippen LogP contribution in [-0.4, -0.2) is 25.1 Å². The molecule has 0 bridgehead atoms. The molecular weight excluding hydrogens is 294 g/mol. The van der Waals surface area contributed by atoms with Gasteiger partial charge in [-0.15, -0.1) is 0 Å². The summed E-state index contributed by atoms with van der Waals surface area (Å²) in [5, 5.41) is 3.94. The van der Waals surface area contributed by atoms with Crippen LogP contribution in [0.2, 0.25) is 0 Å². The molecule has 0 saturated heterocycles. The third kappa shape index (κ3) is 3.63. The molecule has 20 heavy (non-hydrogen) atoms. The second-order valence-electron chi connectivity index (χ2n) is 5.65. The number of hydrogen-bond donors (Lipinski definition) is 2. The third-order valence-corrected chi connectivity index (χ3v) is 6.00. The zero-order valence-corrected chi connectivity index (χ0v) is 13.7. The summed E-state index contributed by atoms with van der Waals surface area (Å²) in [4.78, 5) is 0.165. The maximum absolute atomic E-state index is 11.8. The van der Waals surface area contributed by atoms with Gasteiger partial charge in [-0.05, 0) is 43.1 Å². The van der Waals surface area contributed by atoms with Gasteiger partial charge in [0.25, 0.3) is 0 Å². The van der Waals surface area contributed by atoms with E-state index in [1.54, 1.807) is 0 Å². The number of nitrogens with zero attached hydrogens (tertiary/aromatic N) is 1. The monoisotopic (exact) mass is 317 g/mol. The first-order valence-corrected chi connectivity index (χ1v) is 9.80. The molecule has 0 unspecified atom stereocenters. The molecule has 1 aromatic rings. The Kier molecular flexibility index (Phi) is 4.90. The summed E-state index contributed by atoms with van der Waals surface area (Å²) in [5.41, 5.74) is 5.67. The van der Waals surface area contributed by atoms with Crippen molar-refractivity contribution in [2.24, 2.45) is 5.92 Å². The van der Waals surface area contributed by atoms with E-state index in [-0.39, 0.29) is 10.7 Å². The van der Waals surface area contributed by atoms with Gasteiger partial charge in [-0.3, -0.25) is 0 Å². The number of hydrogen-bond acceptors (Lipinski definition) is 6. The molecule has 1 saturated carbocycles. The first kappa shape index (κ1) is 15.6. The minimum absolute atomic E-state index is 0.111. The van der Waals surface area contributed by atoms with Crippen LogP contribution in [0.5, 0.6) is 0 Å². The summed E-state index contributed by atoms with van der Waals surface area (Å²) in [6.45, 7) is 2.23. The van der Waals surface area contributed by atoms with Crippen molar-refractivity contribution >= 4 is 32.2 Å². The van der Waals surface area contributed by atoms with E-state index in [0.717, 1.165) is 30.3 Å². The van der Waals surface area contributed by atoms with Crippen LogP contribution in [0, 0.1) is 5.92 Å². The summed E-state index contributed by atoms with van der Waals surface area (Å²) in [6.07, 6.45) is 8.33. The second-order valence-corrected chi connectivity index (χ2v) is 8.37. The molecule has 1 aliphatic carbocycles. The Bertz CT molecular complexity index is 546. The Labute approximate surface area is 125 Å². The van der Waals surface area contributed by atoms with Gasteiger partial charge < -0.3 is 11.1 Å². The van der Waals surface area contributed by atoms with Crippen molar-refractivity contribution in [3.05, 3.63) is 0 Å². The maximum Gasteiger partial charge on any atom is 0.182 e. The van der Waals surface area contributed by atoms with Crippen molar-refractivity contribution in [3.63, 3.8) is 0 Å². The minimum Gasteiger partial charge on any atom is -0.382 e. The molecule has 5 nitrogen and oxygen atoms in total. The molecule has 0 amide bonds. The number of sulfone groups is 1. The van der Waals surface area contributed by atoms with Crippen LogP contribution >= 0.6 is 11.5 Å². The van der Waals surface area contributed by atoms with Gasteiger partial charge in [-0.25, -0.2) is 8.42 Å². The highest BCUT2D eigenvalue weighted by atomic mass is 32.2. The van der Waals surface area contributed by atoms with Gasteiger partial charge in [0.05, 0.1) is 0 Å². The first-order valence-electron chi connectivity index (χ1n) is 7.13. The van der Waals surface area contributed by atoms with Crippen molar-refractivity contribution in [2.75, 3.05) is 17.3 Å². The van der Waals surface area contributed by atoms with Crippen molar-refractivity contribution < 1.29 is 8.42 Å². The number of nitrogen functional groups attached to an aromatic ring is 1. The highest BCUT2D eigenvalue weighted by molar-refractivity contribution is 7.91. The Hall–Kier alpha value is -0.820. The van der Waals surface area contributed by atoms with Crippen LogP contribution in [0.3, 0.4) is 0 Å². The topological polar surface area (TPSA) is 85.1 Å². The summed E-state index contributed by atoms with van der Waals surface area (Å²) in [6, 6.07) is 0.337. The summed E-state index contributed by atoms with van der Waals surface area (Å²) in [7, 11) is -3.33. The normalized spacial score (nSPS) is 23.7. The summed E-state index contributed by atoms with van der Waals surface area (Å²) in [5.74, 6) is 0.943. The van der Waals surface area contributed by atoms with Gasteiger partial charge in [-0.2, -0.15) is 4.37 Å². The molecule has 7 heteroatoms. The Morgan fingerprint density at radius 2 is 2.00 bits per heavy atom. The lowest BCUT2D eigenvalue weighted by Crippen LogP contribution is -2.26. The molecule has 1 fully saturated rings. The average Bonchev–Trinajstić information content (AvgIpc) is 2.73. The van der Waals surface area contributed by atoms with Crippen LogP contribution in [0.1, 0.15) is 45.4 Å². The molecule has 0 aromatic carbocycles. The fourth-order valence-corrected chi connectivity index (χ4v) is 5.07. The molecule has 0 atom stereocenters. The van der Waals surface area contributed by atoms with Gasteiger partial charge in [0.15, 0.2) is 15.7 Å². The number of nitrogens with two attached hydrogens (primary N) is 1. The first-order chi connectivity index (χ1) is 9.41. The Balaban J connectivity index is 2.02. The largest absolute Gasteiger partial charge is 0.382 e. The van der Waals surface area contributed by atoms with Crippen LogP contribution in [-0.2, 0) is 9.84 Å². The van der Waals surface area contributed by atoms with E-state index in [0.29, 0.717) is 11.0 Å². The lowest BCUT2D eigenvalue weighted by atomic mass is 9.83. The number of aromatic nitrogens is 1. The van der Waals surface area contributed by atoms with Gasteiger partial charge >= 0.3 is 0 Å². The molecule has 0 spiro atoms. The van der Waals surface area contributed by atoms with E-state index < -0.39 is 9.84 Å². The number of anilines is 2. The van der Waals surface area contributed by atoms with Gasteiger partial charge in [0, 0.05) is 12.3 Å². The zero-order valence-electron chi connectivity index (χ0n) is 12.1. The standard InChI is InChI=1S/C13H23N3O2S2/c1-3-4-9-5-7-10(8-6-9)15-13-11(20(2,17)18)12(14)16-19-13/h9-10,15H,3-8H2,1-2H3,(H2,14,16). The molecule has 0 radical (unpaired) electrons. The van der Waals surface area contributed by atoms with Crippen LogP contribution in [0.4, 0.5) is 10.8 Å². The average molecular weight is 317 g/mol. The Morgan fingerprint density at radius 3 is 2.55 bits per heavy atom. The lowest BCUT2D eigenvalue weighted by molar-refractivity contribution is 0.319. The highest BCUT2D eigenvalue weighted by Gasteiger charge is 2.25. The SMILES string of the molecule is CCCC1CCC(Nc2snc(N)c2S(C)(=O)=O)CC1. The predicted octanol–water partition coefficient (Wildman–Crippen LogP) is 2.90. The van der Waals surface area contributed by atoms with E-state index in [1.165, 1.54) is 31.9 Å². The van der Waals surface area contributed by atoms with E-state index in [4.69, 9.17) is 5.73 Å². The highest BCUT2D eigenvalue weighted by Crippen LogP contribution is 2.35. The predicted molar refractivity (Wildman–Crippen MR) is 83.9 cm³/mol. The van der Waals surface area contributed by atoms with Crippen molar-refractivity contribution in [1.82, 2.24) is 4.37 Å². The van der Waals surface area contributed by atoms with Gasteiger partial charge in [-0.1, -0.05) is 19.8 Å². The Morgan fingerprint density at radius 1 is 1.35 bits per heavy atom. The second kappa shape index (κ2) is 6.30. The van der Waals surface area contributed by atoms with Crippen LogP contribution in [0.15, 0.2) is 4.90 Å². The molecule has 1 heterocycles. The zero-order chi connectivity index (χ0) is 14.8. The van der Waals surface area contributed by atoms with E-state index in [2.05, 4.69) is 16.6 Å². The number of nitrogens with one attached hydrogen (secondary N) is 1. The fraction of sp³-hybridized carbons (Fsp3) is 0.769. The van der Waals surface area contributed by atoms with Gasteiger partial charge in [0.1, 0.15) is 9.90 Å². The fourth-order valence-electron chi connectivity index (χ4n) is 2.93.